The van der Waals surface area contributed by atoms with Crippen LogP contribution in [0.4, 0.5) is 11.4 Å². The van der Waals surface area contributed by atoms with Gasteiger partial charge in [0.25, 0.3) is 0 Å². The fourth-order valence-electron chi connectivity index (χ4n) is 1.73. The Morgan fingerprint density at radius 3 is 2.61 bits per heavy atom. The van der Waals surface area contributed by atoms with E-state index < -0.39 is 0 Å². The fraction of sp³-hybridized carbons (Fsp3) is 0.231. The van der Waals surface area contributed by atoms with E-state index in [1.807, 2.05) is 13.0 Å². The Balaban J connectivity index is 2.23. The molecular formula is C13H14Br2N2S. The van der Waals surface area contributed by atoms with Gasteiger partial charge < -0.3 is 10.6 Å². The van der Waals surface area contributed by atoms with Crippen molar-refractivity contribution in [1.29, 1.82) is 0 Å². The van der Waals surface area contributed by atoms with Crippen LogP contribution in [0.3, 0.4) is 0 Å². The number of thiophene rings is 1. The average molecular weight is 390 g/mol. The zero-order chi connectivity index (χ0) is 13.3. The molecule has 0 saturated heterocycles. The summed E-state index contributed by atoms with van der Waals surface area (Å²) in [6.07, 6.45) is 0. The van der Waals surface area contributed by atoms with Crippen LogP contribution in [0, 0.1) is 6.92 Å². The highest BCUT2D eigenvalue weighted by Gasteiger charge is 2.09. The van der Waals surface area contributed by atoms with Crippen LogP contribution in [0.5, 0.6) is 0 Å². The zero-order valence-electron chi connectivity index (χ0n) is 10.2. The van der Waals surface area contributed by atoms with Gasteiger partial charge in [-0.05, 0) is 62.5 Å². The molecule has 18 heavy (non-hydrogen) atoms. The van der Waals surface area contributed by atoms with E-state index in [0.29, 0.717) is 0 Å². The van der Waals surface area contributed by atoms with Crippen LogP contribution in [-0.4, -0.2) is 7.05 Å². The minimum Gasteiger partial charge on any atom is -0.398 e. The molecule has 5 heteroatoms. The molecule has 96 valence electrons. The summed E-state index contributed by atoms with van der Waals surface area (Å²) in [5.41, 5.74) is 8.97. The second-order valence-electron chi connectivity index (χ2n) is 4.25. The largest absolute Gasteiger partial charge is 0.398 e. The van der Waals surface area contributed by atoms with Crippen molar-refractivity contribution in [3.63, 3.8) is 0 Å². The number of halogens is 2. The summed E-state index contributed by atoms with van der Waals surface area (Å²) in [6.45, 7) is 2.92. The first kappa shape index (κ1) is 13.9. The van der Waals surface area contributed by atoms with E-state index in [1.165, 1.54) is 4.88 Å². The normalized spacial score (nSPS) is 10.7. The molecule has 0 bridgehead atoms. The molecule has 0 amide bonds. The zero-order valence-corrected chi connectivity index (χ0v) is 14.2. The first-order chi connectivity index (χ1) is 8.47. The molecule has 0 atom stereocenters. The van der Waals surface area contributed by atoms with Crippen molar-refractivity contribution in [2.75, 3.05) is 17.7 Å². The van der Waals surface area contributed by atoms with Crippen LogP contribution < -0.4 is 10.6 Å². The molecule has 0 aliphatic rings. The van der Waals surface area contributed by atoms with E-state index in [2.05, 4.69) is 61.3 Å². The summed E-state index contributed by atoms with van der Waals surface area (Å²) in [7, 11) is 2.09. The summed E-state index contributed by atoms with van der Waals surface area (Å²) < 4.78 is 2.17. The molecule has 1 heterocycles. The number of hydrogen-bond acceptors (Lipinski definition) is 3. The Kier molecular flexibility index (Phi) is 4.35. The Morgan fingerprint density at radius 2 is 2.00 bits per heavy atom. The summed E-state index contributed by atoms with van der Waals surface area (Å²) in [5, 5.41) is 2.10. The molecule has 0 fully saturated rings. The number of benzene rings is 1. The molecule has 0 radical (unpaired) electrons. The molecule has 0 spiro atoms. The Hall–Kier alpha value is -0.520. The van der Waals surface area contributed by atoms with Crippen molar-refractivity contribution < 1.29 is 0 Å². The molecule has 0 aliphatic carbocycles. The quantitative estimate of drug-likeness (QED) is 0.764. The smallest absolute Gasteiger partial charge is 0.0520 e. The van der Waals surface area contributed by atoms with Crippen molar-refractivity contribution in [3.8, 4) is 0 Å². The van der Waals surface area contributed by atoms with Crippen molar-refractivity contribution >= 4 is 54.6 Å². The van der Waals surface area contributed by atoms with Gasteiger partial charge in [0.15, 0.2) is 0 Å². The minimum absolute atomic E-state index is 0.817. The molecule has 2 aromatic rings. The second-order valence-corrected chi connectivity index (χ2v) is 7.01. The van der Waals surface area contributed by atoms with E-state index in [0.717, 1.165) is 32.4 Å². The van der Waals surface area contributed by atoms with Crippen LogP contribution in [0.1, 0.15) is 10.4 Å². The number of aryl methyl sites for hydroxylation is 1. The van der Waals surface area contributed by atoms with Gasteiger partial charge in [-0.3, -0.25) is 0 Å². The topological polar surface area (TPSA) is 29.3 Å². The SMILES string of the molecule is Cc1cc(N(C)Cc2cc(Br)cs2)c(Br)cc1N. The van der Waals surface area contributed by atoms with Crippen molar-refractivity contribution in [3.05, 3.63) is 43.0 Å². The van der Waals surface area contributed by atoms with Gasteiger partial charge in [-0.2, -0.15) is 0 Å². The van der Waals surface area contributed by atoms with Gasteiger partial charge in [-0.15, -0.1) is 11.3 Å². The Morgan fingerprint density at radius 1 is 1.28 bits per heavy atom. The Bertz CT molecular complexity index is 566. The third kappa shape index (κ3) is 3.08. The molecule has 1 aromatic heterocycles. The van der Waals surface area contributed by atoms with Crippen molar-refractivity contribution in [2.45, 2.75) is 13.5 Å². The van der Waals surface area contributed by atoms with E-state index in [9.17, 15) is 0 Å². The predicted octanol–water partition coefficient (Wildman–Crippen LogP) is 4.80. The molecule has 1 aromatic carbocycles. The van der Waals surface area contributed by atoms with Crippen LogP contribution in [0.2, 0.25) is 0 Å². The van der Waals surface area contributed by atoms with Gasteiger partial charge in [0, 0.05) is 31.9 Å². The van der Waals surface area contributed by atoms with Crippen LogP contribution >= 0.6 is 43.2 Å². The maximum atomic E-state index is 5.89. The number of rotatable bonds is 3. The van der Waals surface area contributed by atoms with Gasteiger partial charge in [0.1, 0.15) is 0 Å². The average Bonchev–Trinajstić information content (AvgIpc) is 2.69. The van der Waals surface area contributed by atoms with Crippen molar-refractivity contribution in [1.82, 2.24) is 0 Å². The molecule has 2 N–H and O–H groups in total. The highest BCUT2D eigenvalue weighted by Crippen LogP contribution is 2.32. The maximum absolute atomic E-state index is 5.89. The standard InChI is InChI=1S/C13H14Br2N2S/c1-8-3-13(11(15)5-12(8)16)17(2)6-10-4-9(14)7-18-10/h3-5,7H,6,16H2,1-2H3. The first-order valence-corrected chi connectivity index (χ1v) is 7.93. The first-order valence-electron chi connectivity index (χ1n) is 5.47. The van der Waals surface area contributed by atoms with E-state index in [1.54, 1.807) is 11.3 Å². The third-order valence-corrected chi connectivity index (χ3v) is 5.08. The van der Waals surface area contributed by atoms with E-state index in [-0.39, 0.29) is 0 Å². The summed E-state index contributed by atoms with van der Waals surface area (Å²) in [4.78, 5) is 3.54. The number of nitrogens with two attached hydrogens (primary N) is 1. The molecular weight excluding hydrogens is 376 g/mol. The van der Waals surface area contributed by atoms with Gasteiger partial charge >= 0.3 is 0 Å². The molecule has 0 saturated carbocycles. The van der Waals surface area contributed by atoms with Gasteiger partial charge in [0.05, 0.1) is 12.2 Å². The number of anilines is 2. The molecule has 2 nitrogen and oxygen atoms in total. The lowest BCUT2D eigenvalue weighted by molar-refractivity contribution is 0.935. The minimum atomic E-state index is 0.817. The van der Waals surface area contributed by atoms with Crippen LogP contribution in [0.15, 0.2) is 32.5 Å². The summed E-state index contributed by atoms with van der Waals surface area (Å²) >= 11 is 8.81. The van der Waals surface area contributed by atoms with Crippen LogP contribution in [0.25, 0.3) is 0 Å². The van der Waals surface area contributed by atoms with E-state index >= 15 is 0 Å². The predicted molar refractivity (Wildman–Crippen MR) is 87.4 cm³/mol. The third-order valence-electron chi connectivity index (χ3n) is 2.76. The summed E-state index contributed by atoms with van der Waals surface area (Å²) in [6, 6.07) is 6.23. The highest BCUT2D eigenvalue weighted by atomic mass is 79.9. The molecule has 0 unspecified atom stereocenters. The van der Waals surface area contributed by atoms with Gasteiger partial charge in [0.2, 0.25) is 0 Å². The molecule has 0 aliphatic heterocycles. The lowest BCUT2D eigenvalue weighted by Crippen LogP contribution is -2.16. The lowest BCUT2D eigenvalue weighted by Gasteiger charge is -2.21. The lowest BCUT2D eigenvalue weighted by atomic mass is 10.1. The Labute approximate surface area is 128 Å². The second kappa shape index (κ2) is 5.63. The monoisotopic (exact) mass is 388 g/mol. The van der Waals surface area contributed by atoms with Gasteiger partial charge in [-0.25, -0.2) is 0 Å². The fourth-order valence-corrected chi connectivity index (χ4v) is 3.90. The maximum Gasteiger partial charge on any atom is 0.0520 e. The molecule has 2 rings (SSSR count). The van der Waals surface area contributed by atoms with Crippen LogP contribution in [-0.2, 0) is 6.54 Å². The number of nitrogen functional groups attached to an aromatic ring is 1. The number of nitrogens with zero attached hydrogens (tertiary/aromatic N) is 1. The van der Waals surface area contributed by atoms with Gasteiger partial charge in [-0.1, -0.05) is 0 Å². The van der Waals surface area contributed by atoms with E-state index in [4.69, 9.17) is 5.73 Å². The summed E-state index contributed by atoms with van der Waals surface area (Å²) in [5.74, 6) is 0. The van der Waals surface area contributed by atoms with Crippen molar-refractivity contribution in [2.24, 2.45) is 0 Å². The highest BCUT2D eigenvalue weighted by molar-refractivity contribution is 9.10. The number of hydrogen-bond donors (Lipinski definition) is 1.